The molecule has 0 N–H and O–H groups in total. The van der Waals surface area contributed by atoms with E-state index < -0.39 is 16.1 Å². The van der Waals surface area contributed by atoms with Gasteiger partial charge in [-0.3, -0.25) is 0 Å². The zero-order valence-electron chi connectivity index (χ0n) is 15.6. The van der Waals surface area contributed by atoms with Crippen molar-refractivity contribution < 1.29 is 0 Å². The molecule has 22 heavy (non-hydrogen) atoms. The zero-order valence-corrected chi connectivity index (χ0v) is 17.6. The standard InChI is InChI=1S/C20H32Si2/c1-13(2)15-11-18-19(12-15)22(7,8)20-16(14(3)4)9-10-17(20)21(18,5)6/h9-16H,1-8H3. The van der Waals surface area contributed by atoms with E-state index in [1.807, 2.05) is 5.20 Å². The lowest BCUT2D eigenvalue weighted by atomic mass is 9.98. The Kier molecular flexibility index (Phi) is 3.65. The van der Waals surface area contributed by atoms with Gasteiger partial charge in [0, 0.05) is 0 Å². The van der Waals surface area contributed by atoms with Gasteiger partial charge in [0.2, 0.25) is 0 Å². The molecule has 0 aromatic carbocycles. The Morgan fingerprint density at radius 2 is 1.36 bits per heavy atom. The fourth-order valence-corrected chi connectivity index (χ4v) is 15.2. The van der Waals surface area contributed by atoms with Crippen molar-refractivity contribution in [3.8, 4) is 0 Å². The van der Waals surface area contributed by atoms with Crippen LogP contribution in [0.1, 0.15) is 27.7 Å². The molecule has 0 amide bonds. The minimum absolute atomic E-state index is 0.671. The topological polar surface area (TPSA) is 0 Å². The molecule has 0 radical (unpaired) electrons. The van der Waals surface area contributed by atoms with E-state index in [4.69, 9.17) is 0 Å². The third-order valence-electron chi connectivity index (χ3n) is 6.28. The quantitative estimate of drug-likeness (QED) is 0.558. The van der Waals surface area contributed by atoms with Gasteiger partial charge in [0.05, 0.1) is 0 Å². The summed E-state index contributed by atoms with van der Waals surface area (Å²) in [5.41, 5.74) is 0. The Morgan fingerprint density at radius 1 is 0.818 bits per heavy atom. The number of rotatable bonds is 2. The van der Waals surface area contributed by atoms with Crippen molar-refractivity contribution in [1.29, 1.82) is 0 Å². The zero-order chi connectivity index (χ0) is 16.4. The third-order valence-corrected chi connectivity index (χ3v) is 14.1. The number of fused-ring (bicyclic) bond motifs is 1. The molecule has 0 aromatic rings. The monoisotopic (exact) mass is 328 g/mol. The minimum atomic E-state index is -1.51. The SMILES string of the molecule is CC(C)C1C=C2C(=C1)[Si](C)(C)C1=C(C=CC1C(C)C)[Si]2(C)C. The molecular weight excluding hydrogens is 296 g/mol. The van der Waals surface area contributed by atoms with E-state index in [1.165, 1.54) is 0 Å². The lowest BCUT2D eigenvalue weighted by Gasteiger charge is -2.44. The van der Waals surface area contributed by atoms with E-state index in [0.717, 1.165) is 11.8 Å². The first-order valence-electron chi connectivity index (χ1n) is 8.96. The van der Waals surface area contributed by atoms with E-state index in [1.54, 1.807) is 15.6 Å². The number of hydrogen-bond donors (Lipinski definition) is 0. The van der Waals surface area contributed by atoms with Crippen molar-refractivity contribution in [3.05, 3.63) is 45.1 Å². The van der Waals surface area contributed by atoms with Crippen LogP contribution < -0.4 is 0 Å². The van der Waals surface area contributed by atoms with E-state index in [-0.39, 0.29) is 0 Å². The smallest absolute Gasteiger partial charge is 0.0778 e. The van der Waals surface area contributed by atoms with Crippen molar-refractivity contribution in [1.82, 2.24) is 0 Å². The molecule has 0 bridgehead atoms. The highest BCUT2D eigenvalue weighted by Gasteiger charge is 2.52. The highest BCUT2D eigenvalue weighted by molar-refractivity contribution is 7.04. The molecule has 3 aliphatic rings. The summed E-state index contributed by atoms with van der Waals surface area (Å²) >= 11 is 0. The summed E-state index contributed by atoms with van der Waals surface area (Å²) in [5.74, 6) is 2.83. The maximum absolute atomic E-state index is 2.67. The summed E-state index contributed by atoms with van der Waals surface area (Å²) < 4.78 is 0. The van der Waals surface area contributed by atoms with Gasteiger partial charge in [-0.25, -0.2) is 0 Å². The summed E-state index contributed by atoms with van der Waals surface area (Å²) in [7, 11) is -3.00. The highest BCUT2D eigenvalue weighted by Crippen LogP contribution is 2.53. The van der Waals surface area contributed by atoms with Crippen molar-refractivity contribution in [2.75, 3.05) is 0 Å². The van der Waals surface area contributed by atoms with Crippen LogP contribution in [0, 0.1) is 23.7 Å². The first-order chi connectivity index (χ1) is 10.1. The van der Waals surface area contributed by atoms with Crippen LogP contribution in [-0.4, -0.2) is 16.1 Å². The van der Waals surface area contributed by atoms with Gasteiger partial charge >= 0.3 is 0 Å². The van der Waals surface area contributed by atoms with Crippen LogP contribution in [0.5, 0.6) is 0 Å². The Balaban J connectivity index is 2.21. The Bertz CT molecular complexity index is 624. The lowest BCUT2D eigenvalue weighted by Crippen LogP contribution is -2.49. The highest BCUT2D eigenvalue weighted by atomic mass is 28.3. The van der Waals surface area contributed by atoms with Crippen LogP contribution in [0.4, 0.5) is 0 Å². The second kappa shape index (κ2) is 4.94. The van der Waals surface area contributed by atoms with Gasteiger partial charge in [0.25, 0.3) is 0 Å². The molecule has 0 saturated carbocycles. The first-order valence-corrected chi connectivity index (χ1v) is 15.0. The van der Waals surface area contributed by atoms with E-state index in [2.05, 4.69) is 78.2 Å². The largest absolute Gasteiger partial charge is 0.111 e. The van der Waals surface area contributed by atoms with Gasteiger partial charge < -0.3 is 0 Å². The average Bonchev–Trinajstić information content (AvgIpc) is 3.03. The van der Waals surface area contributed by atoms with Crippen molar-refractivity contribution >= 4 is 16.1 Å². The number of hydrogen-bond acceptors (Lipinski definition) is 0. The van der Waals surface area contributed by atoms with Crippen molar-refractivity contribution in [2.45, 2.75) is 53.9 Å². The molecule has 1 aliphatic heterocycles. The summed E-state index contributed by atoms with van der Waals surface area (Å²) in [6.45, 7) is 19.9. The van der Waals surface area contributed by atoms with Crippen LogP contribution in [0.3, 0.4) is 0 Å². The van der Waals surface area contributed by atoms with E-state index >= 15 is 0 Å². The van der Waals surface area contributed by atoms with Gasteiger partial charge in [-0.05, 0) is 23.7 Å². The van der Waals surface area contributed by atoms with Gasteiger partial charge in [0.1, 0.15) is 16.1 Å². The van der Waals surface area contributed by atoms with Crippen LogP contribution >= 0.6 is 0 Å². The first kappa shape index (κ1) is 16.3. The third kappa shape index (κ3) is 2.06. The molecular formula is C20H32Si2. The Morgan fingerprint density at radius 3 is 1.86 bits per heavy atom. The Hall–Kier alpha value is -0.606. The second-order valence-electron chi connectivity index (χ2n) is 9.19. The second-order valence-corrected chi connectivity index (χ2v) is 17.8. The van der Waals surface area contributed by atoms with Gasteiger partial charge in [0.15, 0.2) is 0 Å². The van der Waals surface area contributed by atoms with Gasteiger partial charge in [-0.1, -0.05) is 99.0 Å². The Labute approximate surface area is 139 Å². The van der Waals surface area contributed by atoms with Crippen LogP contribution in [0.15, 0.2) is 45.1 Å². The minimum Gasteiger partial charge on any atom is -0.0778 e. The molecule has 2 atom stereocenters. The van der Waals surface area contributed by atoms with Crippen LogP contribution in [0.2, 0.25) is 26.2 Å². The molecule has 1 heterocycles. The van der Waals surface area contributed by atoms with Crippen LogP contribution in [0.25, 0.3) is 0 Å². The molecule has 3 rings (SSSR count). The molecule has 2 aliphatic carbocycles. The molecule has 0 fully saturated rings. The summed E-state index contributed by atoms with van der Waals surface area (Å²) in [6, 6.07) is 0. The summed E-state index contributed by atoms with van der Waals surface area (Å²) in [6.07, 6.45) is 10.4. The maximum Gasteiger partial charge on any atom is 0.111 e. The molecule has 2 heteroatoms. The van der Waals surface area contributed by atoms with Crippen LogP contribution in [-0.2, 0) is 0 Å². The predicted octanol–water partition coefficient (Wildman–Crippen LogP) is 5.85. The fraction of sp³-hybridized carbons (Fsp3) is 0.600. The van der Waals surface area contributed by atoms with E-state index in [9.17, 15) is 0 Å². The van der Waals surface area contributed by atoms with Gasteiger partial charge in [-0.15, -0.1) is 0 Å². The molecule has 120 valence electrons. The molecule has 2 unspecified atom stereocenters. The molecule has 0 saturated heterocycles. The predicted molar refractivity (Wildman–Crippen MR) is 104 cm³/mol. The molecule has 0 aromatic heterocycles. The van der Waals surface area contributed by atoms with E-state index in [0.29, 0.717) is 11.8 Å². The van der Waals surface area contributed by atoms with Gasteiger partial charge in [-0.2, -0.15) is 0 Å². The summed E-state index contributed by atoms with van der Waals surface area (Å²) in [5, 5.41) is 7.26. The average molecular weight is 329 g/mol. The normalized spacial score (nSPS) is 31.5. The maximum atomic E-state index is 2.67. The summed E-state index contributed by atoms with van der Waals surface area (Å²) in [4.78, 5) is 0. The van der Waals surface area contributed by atoms with Crippen molar-refractivity contribution in [2.24, 2.45) is 23.7 Å². The van der Waals surface area contributed by atoms with Crippen molar-refractivity contribution in [3.63, 3.8) is 0 Å². The molecule has 0 spiro atoms. The number of allylic oxidation sites excluding steroid dienone is 8. The lowest BCUT2D eigenvalue weighted by molar-refractivity contribution is 0.544. The molecule has 0 nitrogen and oxygen atoms in total. The fourth-order valence-electron chi connectivity index (χ4n) is 4.80.